The van der Waals surface area contributed by atoms with E-state index >= 15 is 0 Å². The Balaban J connectivity index is 1.42. The number of amidine groups is 2. The van der Waals surface area contributed by atoms with E-state index in [1.165, 1.54) is 49.2 Å². The van der Waals surface area contributed by atoms with E-state index in [9.17, 15) is 14.0 Å². The number of rotatable bonds is 5. The second-order valence-electron chi connectivity index (χ2n) is 7.74. The number of aliphatic imine (C=N–C) groups is 1. The molecule has 36 heavy (non-hydrogen) atoms. The van der Waals surface area contributed by atoms with Crippen LogP contribution in [0.4, 0.5) is 4.39 Å². The van der Waals surface area contributed by atoms with Crippen molar-refractivity contribution in [3.8, 4) is 11.5 Å². The van der Waals surface area contributed by atoms with Crippen molar-refractivity contribution in [2.24, 2.45) is 4.99 Å². The Morgan fingerprint density at radius 3 is 2.53 bits per heavy atom. The van der Waals surface area contributed by atoms with Gasteiger partial charge in [-0.2, -0.15) is 4.99 Å². The lowest BCUT2D eigenvalue weighted by Crippen LogP contribution is -2.38. The number of amides is 1. The van der Waals surface area contributed by atoms with E-state index in [4.69, 9.17) is 14.9 Å². The number of benzene rings is 3. The molecule has 178 valence electrons. The molecular weight excluding hydrogens is 481 g/mol. The highest BCUT2D eigenvalue weighted by Crippen LogP contribution is 2.37. The van der Waals surface area contributed by atoms with Crippen LogP contribution in [0, 0.1) is 11.2 Å². The molecule has 3 aromatic rings. The predicted molar refractivity (Wildman–Crippen MR) is 136 cm³/mol. The number of ether oxygens (including phenoxy) is 2. The van der Waals surface area contributed by atoms with Crippen molar-refractivity contribution in [2.45, 2.75) is 0 Å². The summed E-state index contributed by atoms with van der Waals surface area (Å²) in [6.07, 6.45) is 1.55. The van der Waals surface area contributed by atoms with E-state index in [0.717, 1.165) is 11.3 Å². The van der Waals surface area contributed by atoms with Crippen LogP contribution < -0.4 is 9.47 Å². The smallest absolute Gasteiger partial charge is 0.343 e. The first-order valence-electron chi connectivity index (χ1n) is 10.8. The fourth-order valence-corrected chi connectivity index (χ4v) is 4.57. The summed E-state index contributed by atoms with van der Waals surface area (Å²) in [4.78, 5) is 31.0. The van der Waals surface area contributed by atoms with Gasteiger partial charge in [0.05, 0.1) is 23.9 Å². The number of hydrogen-bond acceptors (Lipinski definition) is 6. The summed E-state index contributed by atoms with van der Waals surface area (Å²) >= 11 is 1.29. The van der Waals surface area contributed by atoms with E-state index in [1.807, 2.05) is 35.7 Å². The van der Waals surface area contributed by atoms with Gasteiger partial charge in [0, 0.05) is 5.41 Å². The molecule has 7 nitrogen and oxygen atoms in total. The van der Waals surface area contributed by atoms with Crippen molar-refractivity contribution < 1.29 is 23.5 Å². The quantitative estimate of drug-likeness (QED) is 0.289. The molecule has 9 heteroatoms. The number of thioether (sulfide) groups is 1. The maximum Gasteiger partial charge on any atom is 0.343 e. The Kier molecular flexibility index (Phi) is 6.22. The van der Waals surface area contributed by atoms with E-state index in [-0.39, 0.29) is 28.5 Å². The summed E-state index contributed by atoms with van der Waals surface area (Å²) in [7, 11) is 1.42. The highest BCUT2D eigenvalue weighted by Gasteiger charge is 2.36. The zero-order valence-corrected chi connectivity index (χ0v) is 19.7. The summed E-state index contributed by atoms with van der Waals surface area (Å²) in [6, 6.07) is 19.3. The highest BCUT2D eigenvalue weighted by atomic mass is 32.2. The molecule has 0 saturated carbocycles. The third-order valence-electron chi connectivity index (χ3n) is 5.47. The summed E-state index contributed by atoms with van der Waals surface area (Å²) in [5, 5.41) is 11.1. The van der Waals surface area contributed by atoms with Crippen LogP contribution in [-0.2, 0) is 4.79 Å². The third-order valence-corrected chi connectivity index (χ3v) is 6.29. The molecule has 2 aliphatic heterocycles. The van der Waals surface area contributed by atoms with Crippen molar-refractivity contribution >= 4 is 46.4 Å². The molecule has 0 unspecified atom stereocenters. The van der Waals surface area contributed by atoms with Gasteiger partial charge >= 0.3 is 5.97 Å². The molecule has 1 N–H and O–H groups in total. The Bertz CT molecular complexity index is 1480. The highest BCUT2D eigenvalue weighted by molar-refractivity contribution is 8.17. The fraction of sp³-hybridized carbons (Fsp3) is 0.0370. The number of nitrogens with one attached hydrogen (secondary N) is 1. The Hall–Kier alpha value is -4.50. The van der Waals surface area contributed by atoms with Gasteiger partial charge in [0.25, 0.3) is 5.91 Å². The molecule has 0 atom stereocenters. The minimum Gasteiger partial charge on any atom is -0.493 e. The third kappa shape index (κ3) is 4.44. The van der Waals surface area contributed by atoms with E-state index in [0.29, 0.717) is 10.7 Å². The van der Waals surface area contributed by atoms with Crippen molar-refractivity contribution in [3.05, 3.63) is 106 Å². The summed E-state index contributed by atoms with van der Waals surface area (Å²) in [6.45, 7) is 0. The van der Waals surface area contributed by atoms with Gasteiger partial charge < -0.3 is 9.47 Å². The van der Waals surface area contributed by atoms with Crippen LogP contribution in [0.5, 0.6) is 11.5 Å². The van der Waals surface area contributed by atoms with Gasteiger partial charge in [-0.15, -0.1) is 0 Å². The van der Waals surface area contributed by atoms with Crippen molar-refractivity contribution in [1.82, 2.24) is 4.90 Å². The van der Waals surface area contributed by atoms with Gasteiger partial charge in [0.2, 0.25) is 0 Å². The van der Waals surface area contributed by atoms with Crippen molar-refractivity contribution in [3.63, 3.8) is 0 Å². The molecule has 0 aliphatic carbocycles. The van der Waals surface area contributed by atoms with Crippen LogP contribution in [-0.4, -0.2) is 34.9 Å². The summed E-state index contributed by atoms with van der Waals surface area (Å²) < 4.78 is 23.9. The first kappa shape index (κ1) is 23.3. The topological polar surface area (TPSA) is 92.1 Å². The summed E-state index contributed by atoms with van der Waals surface area (Å²) in [5.41, 5.74) is 2.52. The molecule has 2 aliphatic rings. The SMILES string of the molecule is COc1cc(/C=C2\C(=N)N3C(c4ccccc4)=CSC3=NC2=O)ccc1OC(=O)c1ccc(F)cc1. The zero-order chi connectivity index (χ0) is 25.2. The maximum absolute atomic E-state index is 13.1. The minimum absolute atomic E-state index is 0.0101. The van der Waals surface area contributed by atoms with Gasteiger partial charge in [-0.05, 0) is 53.6 Å². The molecule has 0 spiro atoms. The van der Waals surface area contributed by atoms with Gasteiger partial charge in [0.15, 0.2) is 16.7 Å². The lowest BCUT2D eigenvalue weighted by atomic mass is 10.1. The zero-order valence-electron chi connectivity index (χ0n) is 18.9. The maximum atomic E-state index is 13.1. The lowest BCUT2D eigenvalue weighted by molar-refractivity contribution is -0.114. The standard InChI is InChI=1S/C27H18FN3O4S/c1-34-23-14-16(7-12-22(23)35-26(33)18-8-10-19(28)11-9-18)13-20-24(29)31-21(17-5-3-2-4-6-17)15-36-27(31)30-25(20)32/h2-15,29H,1H3/b20-13+,29-24?. The Labute approximate surface area is 210 Å². The van der Waals surface area contributed by atoms with Crippen molar-refractivity contribution in [2.75, 3.05) is 7.11 Å². The van der Waals surface area contributed by atoms with E-state index < -0.39 is 17.7 Å². The molecule has 1 amide bonds. The Morgan fingerprint density at radius 2 is 1.81 bits per heavy atom. The monoisotopic (exact) mass is 499 g/mol. The molecular formula is C27H18FN3O4S. The number of carbonyl (C=O) groups is 2. The average Bonchev–Trinajstić information content (AvgIpc) is 3.32. The fourth-order valence-electron chi connectivity index (χ4n) is 3.68. The number of nitrogens with zero attached hydrogens (tertiary/aromatic N) is 2. The first-order chi connectivity index (χ1) is 17.4. The van der Waals surface area contributed by atoms with Crippen LogP contribution in [0.25, 0.3) is 11.8 Å². The van der Waals surface area contributed by atoms with E-state index in [2.05, 4.69) is 4.99 Å². The van der Waals surface area contributed by atoms with Crippen LogP contribution in [0.2, 0.25) is 0 Å². The lowest BCUT2D eigenvalue weighted by Gasteiger charge is -2.27. The molecule has 0 bridgehead atoms. The largest absolute Gasteiger partial charge is 0.493 e. The van der Waals surface area contributed by atoms with Gasteiger partial charge in [-0.3, -0.25) is 15.1 Å². The van der Waals surface area contributed by atoms with Gasteiger partial charge in [-0.1, -0.05) is 48.2 Å². The van der Waals surface area contributed by atoms with Gasteiger partial charge in [0.1, 0.15) is 11.7 Å². The average molecular weight is 500 g/mol. The molecule has 0 saturated heterocycles. The van der Waals surface area contributed by atoms with Crippen molar-refractivity contribution in [1.29, 1.82) is 5.41 Å². The first-order valence-corrected chi connectivity index (χ1v) is 11.6. The second kappa shape index (κ2) is 9.63. The number of esters is 1. The minimum atomic E-state index is -0.669. The molecule has 0 aromatic heterocycles. The van der Waals surface area contributed by atoms with E-state index in [1.54, 1.807) is 23.1 Å². The number of methoxy groups -OCH3 is 1. The number of hydrogen-bond donors (Lipinski definition) is 1. The molecule has 2 heterocycles. The predicted octanol–water partition coefficient (Wildman–Crippen LogP) is 5.36. The molecule has 0 radical (unpaired) electrons. The molecule has 5 rings (SSSR count). The summed E-state index contributed by atoms with van der Waals surface area (Å²) in [5.74, 6) is -1.23. The normalized spacial score (nSPS) is 15.9. The number of fused-ring (bicyclic) bond motifs is 1. The Morgan fingerprint density at radius 1 is 1.06 bits per heavy atom. The second-order valence-corrected chi connectivity index (χ2v) is 8.57. The number of carbonyl (C=O) groups excluding carboxylic acids is 2. The molecule has 3 aromatic carbocycles. The van der Waals surface area contributed by atoms with Crippen LogP contribution in [0.1, 0.15) is 21.5 Å². The number of halogens is 1. The molecule has 0 fully saturated rings. The van der Waals surface area contributed by atoms with Crippen LogP contribution in [0.15, 0.2) is 88.8 Å². The van der Waals surface area contributed by atoms with Crippen LogP contribution in [0.3, 0.4) is 0 Å². The van der Waals surface area contributed by atoms with Gasteiger partial charge in [-0.25, -0.2) is 9.18 Å². The van der Waals surface area contributed by atoms with Crippen LogP contribution >= 0.6 is 11.8 Å².